The van der Waals surface area contributed by atoms with Gasteiger partial charge in [-0.3, -0.25) is 14.6 Å². The summed E-state index contributed by atoms with van der Waals surface area (Å²) in [5.41, 5.74) is 16.3. The van der Waals surface area contributed by atoms with E-state index in [2.05, 4.69) is 22.5 Å². The number of ether oxygens (including phenoxy) is 2. The molecular formula is C30H39N5O4. The second kappa shape index (κ2) is 12.8. The van der Waals surface area contributed by atoms with Crippen LogP contribution in [0.15, 0.2) is 36.5 Å². The van der Waals surface area contributed by atoms with Crippen molar-refractivity contribution in [3.05, 3.63) is 53.2 Å². The summed E-state index contributed by atoms with van der Waals surface area (Å²) in [5.74, 6) is 0.679. The van der Waals surface area contributed by atoms with Crippen molar-refractivity contribution in [1.29, 1.82) is 0 Å². The molecule has 1 aliphatic carbocycles. The lowest BCUT2D eigenvalue weighted by Gasteiger charge is -2.21. The summed E-state index contributed by atoms with van der Waals surface area (Å²) in [6, 6.07) is 9.01. The molecule has 6 N–H and O–H groups in total. The largest absolute Gasteiger partial charge is 0.490 e. The molecule has 0 bridgehead atoms. The maximum atomic E-state index is 12.8. The molecule has 0 saturated heterocycles. The normalized spacial score (nSPS) is 14.3. The maximum absolute atomic E-state index is 12.8. The molecule has 1 aliphatic rings. The monoisotopic (exact) mass is 533 g/mol. The molecule has 1 heterocycles. The molecular weight excluding hydrogens is 494 g/mol. The zero-order valence-electron chi connectivity index (χ0n) is 23.0. The van der Waals surface area contributed by atoms with Gasteiger partial charge in [-0.15, -0.1) is 0 Å². The van der Waals surface area contributed by atoms with E-state index in [1.54, 1.807) is 6.07 Å². The summed E-state index contributed by atoms with van der Waals surface area (Å²) in [5, 5.41) is 7.17. The zero-order chi connectivity index (χ0) is 27.9. The number of hydrogen-bond donors (Lipinski definition) is 4. The van der Waals surface area contributed by atoms with E-state index in [1.165, 1.54) is 6.20 Å². The number of carbonyl (C=O) groups is 2. The van der Waals surface area contributed by atoms with E-state index in [1.807, 2.05) is 38.1 Å². The van der Waals surface area contributed by atoms with Crippen molar-refractivity contribution in [3.63, 3.8) is 0 Å². The van der Waals surface area contributed by atoms with Crippen LogP contribution >= 0.6 is 0 Å². The number of nitrogens with zero attached hydrogens (tertiary/aromatic N) is 1. The van der Waals surface area contributed by atoms with Crippen molar-refractivity contribution in [2.75, 3.05) is 18.5 Å². The van der Waals surface area contributed by atoms with Crippen LogP contribution in [0.4, 0.5) is 11.4 Å². The summed E-state index contributed by atoms with van der Waals surface area (Å²) in [6.07, 6.45) is 6.46. The molecule has 9 nitrogen and oxygen atoms in total. The molecule has 208 valence electrons. The zero-order valence-corrected chi connectivity index (χ0v) is 23.0. The number of carbonyl (C=O) groups excluding carboxylic acids is 2. The third-order valence-corrected chi connectivity index (χ3v) is 7.35. The molecule has 4 rings (SSSR count). The van der Waals surface area contributed by atoms with Crippen molar-refractivity contribution in [2.45, 2.75) is 65.5 Å². The minimum atomic E-state index is -0.596. The second-order valence-electron chi connectivity index (χ2n) is 9.80. The fraction of sp³-hybridized carbons (Fsp3) is 0.433. The second-order valence-corrected chi connectivity index (χ2v) is 9.80. The average Bonchev–Trinajstić information content (AvgIpc) is 3.47. The Hall–Kier alpha value is -3.85. The van der Waals surface area contributed by atoms with Gasteiger partial charge in [0.1, 0.15) is 0 Å². The Morgan fingerprint density at radius 1 is 1.08 bits per heavy atom. The third kappa shape index (κ3) is 6.25. The van der Waals surface area contributed by atoms with Gasteiger partial charge in [0.2, 0.25) is 5.91 Å². The lowest BCUT2D eigenvalue weighted by molar-refractivity contribution is -0.123. The summed E-state index contributed by atoms with van der Waals surface area (Å²) >= 11 is 0. The van der Waals surface area contributed by atoms with Gasteiger partial charge < -0.3 is 31.6 Å². The Labute approximate surface area is 229 Å². The van der Waals surface area contributed by atoms with E-state index in [0.29, 0.717) is 54.3 Å². The molecule has 39 heavy (non-hydrogen) atoms. The van der Waals surface area contributed by atoms with E-state index < -0.39 is 11.9 Å². The molecule has 0 aliphatic heterocycles. The predicted molar refractivity (Wildman–Crippen MR) is 153 cm³/mol. The number of nitrogens with two attached hydrogens (primary N) is 2. The number of hydrogen-bond acceptors (Lipinski definition) is 7. The minimum Gasteiger partial charge on any atom is -0.490 e. The molecule has 1 fully saturated rings. The van der Waals surface area contributed by atoms with Crippen LogP contribution in [-0.2, 0) is 17.8 Å². The van der Waals surface area contributed by atoms with Crippen molar-refractivity contribution in [2.24, 2.45) is 17.4 Å². The third-order valence-electron chi connectivity index (χ3n) is 7.35. The van der Waals surface area contributed by atoms with Crippen molar-refractivity contribution < 1.29 is 19.1 Å². The minimum absolute atomic E-state index is 0.119. The predicted octanol–water partition coefficient (Wildman–Crippen LogP) is 4.57. The van der Waals surface area contributed by atoms with Gasteiger partial charge in [-0.1, -0.05) is 31.9 Å². The van der Waals surface area contributed by atoms with Gasteiger partial charge in [0.05, 0.1) is 36.0 Å². The number of amides is 2. The first-order valence-electron chi connectivity index (χ1n) is 13.8. The number of benzene rings is 2. The quantitative estimate of drug-likeness (QED) is 0.267. The van der Waals surface area contributed by atoms with Crippen LogP contribution in [0.3, 0.4) is 0 Å². The Morgan fingerprint density at radius 3 is 2.41 bits per heavy atom. The van der Waals surface area contributed by atoms with Gasteiger partial charge in [0, 0.05) is 29.9 Å². The Bertz CT molecular complexity index is 1340. The molecule has 1 atom stereocenters. The van der Waals surface area contributed by atoms with Crippen molar-refractivity contribution >= 4 is 34.1 Å². The Morgan fingerprint density at radius 2 is 1.77 bits per heavy atom. The van der Waals surface area contributed by atoms with Crippen LogP contribution in [0.5, 0.6) is 11.5 Å². The fourth-order valence-corrected chi connectivity index (χ4v) is 5.36. The number of anilines is 2. The lowest BCUT2D eigenvalue weighted by atomic mass is 9.97. The summed E-state index contributed by atoms with van der Waals surface area (Å²) in [7, 11) is 0. The van der Waals surface area contributed by atoms with Crippen LogP contribution < -0.4 is 31.6 Å². The highest BCUT2D eigenvalue weighted by atomic mass is 16.5. The van der Waals surface area contributed by atoms with Crippen LogP contribution in [0.25, 0.3) is 10.9 Å². The molecule has 0 unspecified atom stereocenters. The Kier molecular flexibility index (Phi) is 9.24. The fourth-order valence-electron chi connectivity index (χ4n) is 5.36. The smallest absolute Gasteiger partial charge is 0.252 e. The number of pyridine rings is 1. The highest BCUT2D eigenvalue weighted by molar-refractivity contribution is 6.08. The molecule has 1 aromatic heterocycles. The van der Waals surface area contributed by atoms with E-state index >= 15 is 0 Å². The lowest BCUT2D eigenvalue weighted by Crippen LogP contribution is -2.44. The highest BCUT2D eigenvalue weighted by Gasteiger charge is 2.27. The number of fused-ring (bicyclic) bond motifs is 1. The van der Waals surface area contributed by atoms with Crippen LogP contribution in [0.2, 0.25) is 0 Å². The summed E-state index contributed by atoms with van der Waals surface area (Å²) in [4.78, 5) is 29.7. The number of primary amides is 1. The number of nitrogens with one attached hydrogen (secondary N) is 2. The van der Waals surface area contributed by atoms with Gasteiger partial charge in [0.25, 0.3) is 5.91 Å². The first-order chi connectivity index (χ1) is 18.9. The molecule has 0 spiro atoms. The summed E-state index contributed by atoms with van der Waals surface area (Å²) < 4.78 is 11.6. The van der Waals surface area contributed by atoms with Crippen LogP contribution in [0, 0.1) is 5.92 Å². The number of rotatable bonds is 12. The number of aromatic nitrogens is 1. The molecule has 3 aromatic rings. The highest BCUT2D eigenvalue weighted by Crippen LogP contribution is 2.38. The van der Waals surface area contributed by atoms with E-state index in [4.69, 9.17) is 20.9 Å². The van der Waals surface area contributed by atoms with Crippen LogP contribution in [0.1, 0.15) is 67.9 Å². The van der Waals surface area contributed by atoms with E-state index in [9.17, 15) is 9.59 Å². The molecule has 9 heteroatoms. The SMILES string of the molecule is CCOc1cc2ncc(C(N)=O)c(Nc3cccc(CNC(=O)[C@@H](N)C4CCCC4)c3CC)c2cc1OCC. The first-order valence-corrected chi connectivity index (χ1v) is 13.8. The van der Waals surface area contributed by atoms with Gasteiger partial charge in [0.15, 0.2) is 11.5 Å². The Balaban J connectivity index is 1.68. The van der Waals surface area contributed by atoms with E-state index in [-0.39, 0.29) is 17.4 Å². The topological polar surface area (TPSA) is 142 Å². The maximum Gasteiger partial charge on any atom is 0.252 e. The molecule has 0 radical (unpaired) electrons. The van der Waals surface area contributed by atoms with Gasteiger partial charge in [-0.2, -0.15) is 0 Å². The molecule has 2 aromatic carbocycles. The average molecular weight is 534 g/mol. The van der Waals surface area contributed by atoms with Crippen molar-refractivity contribution in [3.8, 4) is 11.5 Å². The summed E-state index contributed by atoms with van der Waals surface area (Å²) in [6.45, 7) is 7.15. The molecule has 1 saturated carbocycles. The molecule has 2 amide bonds. The standard InChI is InChI=1S/C30H39N5O4/c1-4-20-19(16-34-30(37)27(31)18-10-7-8-11-18)12-9-13-23(20)35-28-21-14-25(38-5-2)26(39-6-3)15-24(21)33-17-22(28)29(32)36/h9,12-15,17-18,27H,4-8,10-11,16,31H2,1-3H3,(H2,32,36)(H,33,35)(H,34,37)/t27-/m0/s1. The van der Waals surface area contributed by atoms with Gasteiger partial charge in [-0.05, 0) is 62.3 Å². The van der Waals surface area contributed by atoms with Gasteiger partial charge in [-0.25, -0.2) is 0 Å². The first kappa shape index (κ1) is 28.2. The van der Waals surface area contributed by atoms with Crippen LogP contribution in [-0.4, -0.2) is 36.1 Å². The van der Waals surface area contributed by atoms with E-state index in [0.717, 1.165) is 42.5 Å². The van der Waals surface area contributed by atoms with Crippen molar-refractivity contribution in [1.82, 2.24) is 10.3 Å². The van der Waals surface area contributed by atoms with Gasteiger partial charge >= 0.3 is 0 Å².